The Kier molecular flexibility index (Phi) is 29.5. The molecule has 2 amide bonds. The molecule has 0 unspecified atom stereocenters. The molecule has 0 aliphatic carbocycles. The fraction of sp³-hybridized carbons (Fsp3) is 0.966. The van der Waals surface area contributed by atoms with Gasteiger partial charge in [-0.1, -0.05) is 0 Å². The largest absolute Gasteiger partial charge is 0.394 e. The highest BCUT2D eigenvalue weighted by molar-refractivity contribution is 5.73. The molecule has 45 heteroatoms. The van der Waals surface area contributed by atoms with Crippen molar-refractivity contribution in [2.75, 3.05) is 39.6 Å². The summed E-state index contributed by atoms with van der Waals surface area (Å²) in [5.41, 5.74) is 0. The summed E-state index contributed by atoms with van der Waals surface area (Å²) >= 11 is 0. The highest BCUT2D eigenvalue weighted by Crippen LogP contribution is 2.41. The van der Waals surface area contributed by atoms with Crippen LogP contribution in [0.4, 0.5) is 0 Å². The first kappa shape index (κ1) is 84.3. The Morgan fingerprint density at radius 1 is 0.252 bits per heavy atom. The Hall–Kier alpha value is -2.70. The van der Waals surface area contributed by atoms with Crippen LogP contribution in [0.5, 0.6) is 0 Å². The minimum Gasteiger partial charge on any atom is -0.394 e. The zero-order valence-electron chi connectivity index (χ0n) is 55.7. The second kappa shape index (κ2) is 36.0. The van der Waals surface area contributed by atoms with Crippen molar-refractivity contribution in [3.05, 3.63) is 0 Å². The van der Waals surface area contributed by atoms with E-state index < -0.39 is 328 Å². The van der Waals surface area contributed by atoms with Gasteiger partial charge in [-0.15, -0.1) is 0 Å². The average molecular weight is 1510 g/mol. The number of hydrogen-bond acceptors (Lipinski definition) is 43. The first-order chi connectivity index (χ1) is 48.6. The molecule has 598 valence electrons. The lowest BCUT2D eigenvalue weighted by Gasteiger charge is -2.53. The van der Waals surface area contributed by atoms with E-state index in [1.54, 1.807) is 0 Å². The van der Waals surface area contributed by atoms with E-state index in [2.05, 4.69) is 10.6 Å². The maximum atomic E-state index is 13.5. The van der Waals surface area contributed by atoms with Gasteiger partial charge in [-0.05, 0) is 20.8 Å². The van der Waals surface area contributed by atoms with Crippen LogP contribution in [0.15, 0.2) is 0 Å². The highest BCUT2D eigenvalue weighted by Gasteiger charge is 2.62. The third-order valence-electron chi connectivity index (χ3n) is 19.5. The second-order valence-electron chi connectivity index (χ2n) is 26.6. The molecule has 0 spiro atoms. The number of rotatable bonds is 24. The van der Waals surface area contributed by atoms with E-state index in [0.717, 1.165) is 13.8 Å². The molecule has 45 nitrogen and oxygen atoms in total. The van der Waals surface area contributed by atoms with Crippen LogP contribution in [0.25, 0.3) is 0 Å². The van der Waals surface area contributed by atoms with Gasteiger partial charge in [0.2, 0.25) is 11.8 Å². The van der Waals surface area contributed by atoms with Gasteiger partial charge in [-0.25, -0.2) is 0 Å². The van der Waals surface area contributed by atoms with E-state index in [0.29, 0.717) is 0 Å². The van der Waals surface area contributed by atoms with Gasteiger partial charge < -0.3 is 214 Å². The minimum absolute atomic E-state index is 0.936. The van der Waals surface area contributed by atoms with Crippen molar-refractivity contribution in [2.24, 2.45) is 0 Å². The van der Waals surface area contributed by atoms with E-state index in [4.69, 9.17) is 80.5 Å². The molecule has 0 aromatic heterocycles. The molecule has 26 N–H and O–H groups in total. The zero-order valence-corrected chi connectivity index (χ0v) is 55.7. The van der Waals surface area contributed by atoms with E-state index >= 15 is 0 Å². The van der Waals surface area contributed by atoms with Crippen molar-refractivity contribution >= 4 is 11.8 Å². The molecular weight excluding hydrogens is 1410 g/mol. The SMILES string of the molecule is CC(=O)N[C@H]1[C@H](O[C@H]2[C@@H](O)[C@@H](CO)O[C@@H](O[C@H]3[C@H](O)[C@@H](O)[C@H](O)O[C@@H]3CO)[C@@H]2O)O[C@H](CO)[C@@H](O[C@@H]2O[C@H](CO)[C@H](O)[C@H](O[C@@H]3O[C@H](CO)[C@@H](O[C@@H]4O[C@H](CO)[C@H](O)[C@H](O)[C@H]4O[C@@H]4O[C@@H](C)[C@@H](O)[C@@H](O)[C@@H]4O)[C@H](O[C@@H]4O[C@@H](C)[C@@H](O)[C@@H](O)[C@@H]4O)[C@H]3NC(C)=O)[C@H]2O)[C@@H]1O[C@@H]1O[C@@H](C)[C@@H](O)[C@@H](O)[C@@H]1O. The summed E-state index contributed by atoms with van der Waals surface area (Å²) in [4.78, 5) is 26.9. The van der Waals surface area contributed by atoms with Crippen LogP contribution in [-0.2, 0) is 90.1 Å². The molecule has 103 heavy (non-hydrogen) atoms. The lowest BCUT2D eigenvalue weighted by molar-refractivity contribution is -0.404. The third-order valence-corrected chi connectivity index (χ3v) is 19.5. The molecule has 9 aliphatic heterocycles. The number of hydrogen-bond donors (Lipinski definition) is 26. The number of nitrogens with one attached hydrogen (secondary N) is 2. The maximum absolute atomic E-state index is 13.5. The summed E-state index contributed by atoms with van der Waals surface area (Å²) in [6, 6.07) is -4.02. The van der Waals surface area contributed by atoms with E-state index in [1.807, 2.05) is 0 Å². The van der Waals surface area contributed by atoms with Crippen molar-refractivity contribution in [3.63, 3.8) is 0 Å². The van der Waals surface area contributed by atoms with Crippen molar-refractivity contribution in [1.29, 1.82) is 0 Å². The molecule has 9 aliphatic rings. The van der Waals surface area contributed by atoms with Crippen LogP contribution in [0, 0.1) is 0 Å². The van der Waals surface area contributed by atoms with Crippen LogP contribution in [-0.4, -0.2) is 450 Å². The maximum Gasteiger partial charge on any atom is 0.217 e. The Labute approximate surface area is 584 Å². The fourth-order valence-electron chi connectivity index (χ4n) is 13.6. The molecule has 0 bridgehead atoms. The predicted molar refractivity (Wildman–Crippen MR) is 316 cm³/mol. The lowest BCUT2D eigenvalue weighted by Crippen LogP contribution is -2.72. The van der Waals surface area contributed by atoms with Gasteiger partial charge in [0, 0.05) is 13.8 Å². The quantitative estimate of drug-likeness (QED) is 0.0427. The molecule has 9 saturated heterocycles. The average Bonchev–Trinajstić information content (AvgIpc) is 0.760. The standard InChI is InChI=1S/C58H98N2O43/c1-12-25(69)31(75)37(81)53(87-12)99-45-23(59-15(4)67)51(101-47-29(73)18(7-62)91-56(40(47)84)96-42-20(9-64)90-50(86)36(80)35(42)79)94-21(10-65)43(45)97-57-41(85)48(30(74)19(8-63)92-57)102-52-24(60-16(5)68)46(100-54-38(82)32(76)26(70)13(2)88-54)44(22(11-66)95-52)98-58-49(34(78)28(72)17(6-61)93-58)103-55-39(83)33(77)27(71)14(3)89-55/h12-14,17-58,61-66,69-86H,6-11H2,1-5H3,(H,59,67)(H,60,68)/t12-,13-,14-,17+,18+,19+,20+,21+,22+,23+,24+,25+,26+,27+,28-,29-,30-,31+,32+,33+,34-,35+,36+,37-,38-,39-,40+,41+,42+,43+,44+,45+,46+,47-,48-,49+,50+,51-,52-,53-,54-,55-,56-,57-,58-/m0/s1. The normalized spacial score (nSPS) is 52.3. The van der Waals surface area contributed by atoms with E-state index in [9.17, 15) is 132 Å². The van der Waals surface area contributed by atoms with Crippen LogP contribution < -0.4 is 10.6 Å². The monoisotopic (exact) mass is 1510 g/mol. The Morgan fingerprint density at radius 3 is 0.883 bits per heavy atom. The van der Waals surface area contributed by atoms with Crippen LogP contribution in [0.2, 0.25) is 0 Å². The fourth-order valence-corrected chi connectivity index (χ4v) is 13.6. The number of carbonyl (C=O) groups is 2. The number of aliphatic hydroxyl groups excluding tert-OH is 24. The van der Waals surface area contributed by atoms with Gasteiger partial charge in [0.1, 0.15) is 201 Å². The van der Waals surface area contributed by atoms with Crippen molar-refractivity contribution in [1.82, 2.24) is 10.6 Å². The van der Waals surface area contributed by atoms with Gasteiger partial charge in [0.15, 0.2) is 56.6 Å². The molecule has 0 radical (unpaired) electrons. The van der Waals surface area contributed by atoms with Gasteiger partial charge in [-0.3, -0.25) is 9.59 Å². The van der Waals surface area contributed by atoms with Crippen LogP contribution in [0.3, 0.4) is 0 Å². The van der Waals surface area contributed by atoms with Crippen molar-refractivity contribution in [3.8, 4) is 0 Å². The summed E-state index contributed by atoms with van der Waals surface area (Å²) in [6.07, 6.45) is -86.2. The smallest absolute Gasteiger partial charge is 0.217 e. The van der Waals surface area contributed by atoms with Gasteiger partial charge in [0.25, 0.3) is 0 Å². The Morgan fingerprint density at radius 2 is 0.524 bits per heavy atom. The summed E-state index contributed by atoms with van der Waals surface area (Å²) in [6.45, 7) is -1.11. The minimum atomic E-state index is -2.48. The van der Waals surface area contributed by atoms with Crippen LogP contribution in [0.1, 0.15) is 34.6 Å². The zero-order chi connectivity index (χ0) is 75.8. The third kappa shape index (κ3) is 17.9. The van der Waals surface area contributed by atoms with Gasteiger partial charge in [0.05, 0.1) is 58.0 Å². The molecule has 9 fully saturated rings. The molecule has 45 atom stereocenters. The topological polar surface area (TPSA) is 701 Å². The van der Waals surface area contributed by atoms with Crippen LogP contribution >= 0.6 is 0 Å². The number of carbonyl (C=O) groups excluding carboxylic acids is 2. The molecular formula is C58H98N2O43. The summed E-state index contributed by atoms with van der Waals surface area (Å²) in [5, 5.41) is 270. The number of ether oxygens (including phenoxy) is 17. The molecule has 0 saturated carbocycles. The lowest BCUT2D eigenvalue weighted by atomic mass is 9.93. The first-order valence-corrected chi connectivity index (χ1v) is 33.2. The second-order valence-corrected chi connectivity index (χ2v) is 26.6. The predicted octanol–water partition coefficient (Wildman–Crippen LogP) is -17.3. The van der Waals surface area contributed by atoms with Crippen molar-refractivity contribution < 1.29 is 213 Å². The summed E-state index contributed by atoms with van der Waals surface area (Å²) in [7, 11) is 0. The summed E-state index contributed by atoms with van der Waals surface area (Å²) < 4.78 is 102. The number of aliphatic hydroxyl groups is 24. The van der Waals surface area contributed by atoms with E-state index in [1.165, 1.54) is 20.8 Å². The Balaban J connectivity index is 1.06. The first-order valence-electron chi connectivity index (χ1n) is 33.2. The van der Waals surface area contributed by atoms with Gasteiger partial charge >= 0.3 is 0 Å². The highest BCUT2D eigenvalue weighted by atomic mass is 16.8. The molecule has 9 heterocycles. The number of amides is 2. The van der Waals surface area contributed by atoms with Crippen molar-refractivity contribution in [2.45, 2.75) is 311 Å². The van der Waals surface area contributed by atoms with E-state index in [-0.39, 0.29) is 0 Å². The summed E-state index contributed by atoms with van der Waals surface area (Å²) in [5.74, 6) is -1.98. The molecule has 0 aromatic rings. The molecule has 0 aromatic carbocycles. The Bertz CT molecular complexity index is 2660. The molecule has 9 rings (SSSR count). The van der Waals surface area contributed by atoms with Gasteiger partial charge in [-0.2, -0.15) is 0 Å².